The number of rotatable bonds is 10. The van der Waals surface area contributed by atoms with Gasteiger partial charge in [0.2, 0.25) is 0 Å². The molecule has 4 atom stereocenters. The van der Waals surface area contributed by atoms with Gasteiger partial charge in [-0.05, 0) is 23.6 Å². The van der Waals surface area contributed by atoms with Crippen LogP contribution in [0.1, 0.15) is 48.5 Å². The topological polar surface area (TPSA) is 119 Å². The van der Waals surface area contributed by atoms with Gasteiger partial charge in [-0.1, -0.05) is 55.5 Å². The van der Waals surface area contributed by atoms with E-state index in [1.54, 1.807) is 6.92 Å². The number of urea groups is 1. The van der Waals surface area contributed by atoms with E-state index in [0.717, 1.165) is 55.1 Å². The number of ether oxygens (including phenoxy) is 4. The molecule has 0 bridgehead atoms. The Balaban J connectivity index is 1.41. The molecule has 2 aromatic rings. The molecule has 2 aliphatic rings. The molecule has 2 aromatic carbocycles. The fourth-order valence-corrected chi connectivity index (χ4v) is 4.77. The Labute approximate surface area is 229 Å². The monoisotopic (exact) mass is 541 g/mol. The van der Waals surface area contributed by atoms with Crippen LogP contribution in [0, 0.1) is 5.92 Å². The number of carbonyl (C=O) groups is 2. The van der Waals surface area contributed by atoms with E-state index in [1.807, 2.05) is 48.5 Å². The number of aliphatic hydroxyl groups excluding tert-OH is 1. The highest BCUT2D eigenvalue weighted by Crippen LogP contribution is 2.41. The average Bonchev–Trinajstić information content (AvgIpc) is 2.97. The molecule has 2 amide bonds. The first kappa shape index (κ1) is 29.0. The van der Waals surface area contributed by atoms with Crippen molar-refractivity contribution >= 4 is 12.0 Å². The highest BCUT2D eigenvalue weighted by Gasteiger charge is 2.39. The molecule has 39 heavy (non-hydrogen) atoms. The van der Waals surface area contributed by atoms with Crippen molar-refractivity contribution in [2.45, 2.75) is 45.5 Å². The van der Waals surface area contributed by atoms with Gasteiger partial charge in [0, 0.05) is 37.7 Å². The molecule has 0 radical (unpaired) electrons. The quantitative estimate of drug-likeness (QED) is 0.393. The van der Waals surface area contributed by atoms with E-state index in [9.17, 15) is 14.7 Å². The summed E-state index contributed by atoms with van der Waals surface area (Å²) in [6.45, 7) is 8.27. The maximum absolute atomic E-state index is 12.0. The van der Waals surface area contributed by atoms with Crippen molar-refractivity contribution in [3.63, 3.8) is 0 Å². The number of nitrogens with zero attached hydrogens (tertiary/aromatic N) is 1. The van der Waals surface area contributed by atoms with Gasteiger partial charge in [-0.15, -0.1) is 0 Å². The van der Waals surface area contributed by atoms with Crippen LogP contribution in [0.2, 0.25) is 0 Å². The molecule has 2 saturated heterocycles. The van der Waals surface area contributed by atoms with Crippen LogP contribution in [0.4, 0.5) is 4.79 Å². The van der Waals surface area contributed by atoms with Crippen LogP contribution in [0.15, 0.2) is 48.5 Å². The highest BCUT2D eigenvalue weighted by molar-refractivity contribution is 5.80. The smallest absolute Gasteiger partial charge is 0.325 e. The van der Waals surface area contributed by atoms with Crippen molar-refractivity contribution < 1.29 is 33.6 Å². The largest absolute Gasteiger partial charge is 0.465 e. The molecule has 2 fully saturated rings. The summed E-state index contributed by atoms with van der Waals surface area (Å²) in [5.74, 6) is -0.367. The van der Waals surface area contributed by atoms with E-state index in [1.165, 1.54) is 0 Å². The lowest BCUT2D eigenvalue weighted by atomic mass is 9.90. The first-order valence-electron chi connectivity index (χ1n) is 13.5. The molecule has 0 saturated carbocycles. The summed E-state index contributed by atoms with van der Waals surface area (Å²) in [7, 11) is 0. The number of amides is 2. The van der Waals surface area contributed by atoms with Crippen molar-refractivity contribution in [1.82, 2.24) is 15.5 Å². The minimum absolute atomic E-state index is 0.00100. The zero-order valence-electron chi connectivity index (χ0n) is 22.6. The summed E-state index contributed by atoms with van der Waals surface area (Å²) in [6, 6.07) is 15.2. The summed E-state index contributed by atoms with van der Waals surface area (Å²) < 4.78 is 23.4. The zero-order valence-corrected chi connectivity index (χ0v) is 22.6. The number of carbonyl (C=O) groups excluding carboxylic acids is 2. The Kier molecular flexibility index (Phi) is 10.7. The van der Waals surface area contributed by atoms with Gasteiger partial charge in [0.15, 0.2) is 6.29 Å². The molecule has 212 valence electrons. The molecule has 3 N–H and O–H groups in total. The Hall–Kier alpha value is -3.02. The molecular weight excluding hydrogens is 502 g/mol. The molecule has 0 aliphatic carbocycles. The number of hydrogen-bond donors (Lipinski definition) is 3. The van der Waals surface area contributed by atoms with E-state index < -0.39 is 18.3 Å². The van der Waals surface area contributed by atoms with Gasteiger partial charge in [0.25, 0.3) is 0 Å². The van der Waals surface area contributed by atoms with Gasteiger partial charge in [0.1, 0.15) is 6.54 Å². The Bertz CT molecular complexity index is 1060. The molecule has 0 unspecified atom stereocenters. The molecule has 10 nitrogen and oxygen atoms in total. The van der Waals surface area contributed by atoms with E-state index in [2.05, 4.69) is 22.5 Å². The summed E-state index contributed by atoms with van der Waals surface area (Å²) in [4.78, 5) is 25.8. The molecular formula is C29H39N3O7. The first-order chi connectivity index (χ1) is 19.0. The van der Waals surface area contributed by atoms with Crippen molar-refractivity contribution in [2.24, 2.45) is 5.92 Å². The van der Waals surface area contributed by atoms with Gasteiger partial charge in [0.05, 0.1) is 38.6 Å². The number of aliphatic hydroxyl groups is 1. The normalized spacial score (nSPS) is 23.7. The molecule has 0 aromatic heterocycles. The third-order valence-corrected chi connectivity index (χ3v) is 7.07. The van der Waals surface area contributed by atoms with E-state index in [0.29, 0.717) is 6.54 Å². The Morgan fingerprint density at radius 3 is 2.31 bits per heavy atom. The summed E-state index contributed by atoms with van der Waals surface area (Å²) in [6.07, 6.45) is -0.773. The summed E-state index contributed by atoms with van der Waals surface area (Å²) >= 11 is 0. The first-order valence-corrected chi connectivity index (χ1v) is 13.5. The molecule has 4 rings (SSSR count). The highest BCUT2D eigenvalue weighted by atomic mass is 16.7. The maximum atomic E-state index is 12.0. The van der Waals surface area contributed by atoms with Crippen molar-refractivity contribution in [2.75, 3.05) is 46.0 Å². The van der Waals surface area contributed by atoms with Crippen LogP contribution < -0.4 is 10.6 Å². The van der Waals surface area contributed by atoms with Crippen molar-refractivity contribution in [3.8, 4) is 0 Å². The number of nitrogens with one attached hydrogen (secondary N) is 2. The fraction of sp³-hybridized carbons (Fsp3) is 0.517. The van der Waals surface area contributed by atoms with Crippen LogP contribution in [-0.4, -0.2) is 74.1 Å². The SMILES string of the molecule is CCOC(=O)CNC(=O)NCc1ccc([C@@H]2O[C@H](CN3CCOCC3)[C@H](C)[C@H](c3ccc(CO)cc3)O2)cc1. The fourth-order valence-electron chi connectivity index (χ4n) is 4.77. The molecule has 10 heteroatoms. The van der Waals surface area contributed by atoms with E-state index in [-0.39, 0.29) is 37.9 Å². The average molecular weight is 542 g/mol. The summed E-state index contributed by atoms with van der Waals surface area (Å²) in [5, 5.41) is 14.7. The molecule has 2 heterocycles. The second-order valence-electron chi connectivity index (χ2n) is 9.82. The number of morpholine rings is 1. The number of hydrogen-bond acceptors (Lipinski definition) is 8. The van der Waals surface area contributed by atoms with Crippen molar-refractivity contribution in [1.29, 1.82) is 0 Å². The predicted octanol–water partition coefficient (Wildman–Crippen LogP) is 2.66. The lowest BCUT2D eigenvalue weighted by molar-refractivity contribution is -0.277. The second kappa shape index (κ2) is 14.4. The van der Waals surface area contributed by atoms with E-state index >= 15 is 0 Å². The van der Waals surface area contributed by atoms with Crippen LogP contribution in [0.3, 0.4) is 0 Å². The third kappa shape index (κ3) is 8.23. The van der Waals surface area contributed by atoms with Gasteiger partial charge >= 0.3 is 12.0 Å². The van der Waals surface area contributed by atoms with Crippen molar-refractivity contribution in [3.05, 3.63) is 70.8 Å². The Morgan fingerprint density at radius 2 is 1.64 bits per heavy atom. The van der Waals surface area contributed by atoms with Crippen LogP contribution >= 0.6 is 0 Å². The van der Waals surface area contributed by atoms with Gasteiger partial charge in [-0.2, -0.15) is 0 Å². The lowest BCUT2D eigenvalue weighted by Crippen LogP contribution is -2.47. The zero-order chi connectivity index (χ0) is 27.6. The lowest BCUT2D eigenvalue weighted by Gasteiger charge is -2.43. The van der Waals surface area contributed by atoms with Gasteiger partial charge in [-0.3, -0.25) is 9.69 Å². The number of benzene rings is 2. The second-order valence-corrected chi connectivity index (χ2v) is 9.82. The van der Waals surface area contributed by atoms with Gasteiger partial charge < -0.3 is 34.7 Å². The van der Waals surface area contributed by atoms with Gasteiger partial charge in [-0.25, -0.2) is 4.79 Å². The minimum atomic E-state index is -0.551. The standard InChI is InChI=1S/C29H39N3O7/c1-3-37-26(34)17-31-29(35)30-16-21-4-10-24(11-5-21)28-38-25(18-32-12-14-36-15-13-32)20(2)27(39-28)23-8-6-22(19-33)7-9-23/h4-11,20,25,27-28,33H,3,12-19H2,1-2H3,(H2,30,31,35)/t20-,25+,27+,28+/m0/s1. The molecule has 2 aliphatic heterocycles. The Morgan fingerprint density at radius 1 is 0.974 bits per heavy atom. The van der Waals surface area contributed by atoms with Crippen LogP contribution in [0.5, 0.6) is 0 Å². The number of esters is 1. The van der Waals surface area contributed by atoms with Crippen LogP contribution in [-0.2, 0) is 36.9 Å². The summed E-state index contributed by atoms with van der Waals surface area (Å²) in [5.41, 5.74) is 3.70. The molecule has 0 spiro atoms. The predicted molar refractivity (Wildman–Crippen MR) is 144 cm³/mol. The van der Waals surface area contributed by atoms with E-state index in [4.69, 9.17) is 18.9 Å². The third-order valence-electron chi connectivity index (χ3n) is 7.07. The maximum Gasteiger partial charge on any atom is 0.325 e. The van der Waals surface area contributed by atoms with Crippen LogP contribution in [0.25, 0.3) is 0 Å². The minimum Gasteiger partial charge on any atom is -0.465 e.